The van der Waals surface area contributed by atoms with E-state index < -0.39 is 0 Å². The third-order valence-electron chi connectivity index (χ3n) is 7.92. The van der Waals surface area contributed by atoms with Crippen LogP contribution < -0.4 is 15.0 Å². The van der Waals surface area contributed by atoms with Crippen molar-refractivity contribution >= 4 is 5.69 Å². The van der Waals surface area contributed by atoms with E-state index in [2.05, 4.69) is 86.4 Å². The molecule has 1 aliphatic carbocycles. The van der Waals surface area contributed by atoms with Gasteiger partial charge in [-0.3, -0.25) is 0 Å². The summed E-state index contributed by atoms with van der Waals surface area (Å²) >= 11 is 0. The maximum absolute atomic E-state index is 9.90. The van der Waals surface area contributed by atoms with Crippen LogP contribution in [0, 0.1) is 0 Å². The van der Waals surface area contributed by atoms with Gasteiger partial charge in [-0.1, -0.05) is 57.2 Å². The van der Waals surface area contributed by atoms with Crippen LogP contribution in [0.3, 0.4) is 0 Å². The molecule has 0 fully saturated rings. The predicted octanol–water partition coefficient (Wildman–Crippen LogP) is 6.98. The second-order valence-corrected chi connectivity index (χ2v) is 11.1. The van der Waals surface area contributed by atoms with Crippen LogP contribution in [0.1, 0.15) is 74.3 Å². The number of aryl methyl sites for hydroxylation is 1. The summed E-state index contributed by atoms with van der Waals surface area (Å²) in [6, 6.07) is 21.6. The topological polar surface area (TPSA) is 44.7 Å². The van der Waals surface area contributed by atoms with E-state index in [1.807, 2.05) is 12.1 Å². The van der Waals surface area contributed by atoms with Crippen LogP contribution in [0.25, 0.3) is 0 Å². The Morgan fingerprint density at radius 2 is 1.78 bits per heavy atom. The van der Waals surface area contributed by atoms with Crippen molar-refractivity contribution in [2.45, 2.75) is 71.3 Å². The van der Waals surface area contributed by atoms with Crippen molar-refractivity contribution in [1.82, 2.24) is 5.32 Å². The van der Waals surface area contributed by atoms with Gasteiger partial charge in [-0.25, -0.2) is 0 Å². The van der Waals surface area contributed by atoms with E-state index in [1.54, 1.807) is 7.11 Å². The number of phenols is 1. The zero-order valence-corrected chi connectivity index (χ0v) is 23.3. The monoisotopic (exact) mass is 500 g/mol. The summed E-state index contributed by atoms with van der Waals surface area (Å²) in [5.41, 5.74) is 8.09. The first kappa shape index (κ1) is 27.1. The summed E-state index contributed by atoms with van der Waals surface area (Å²) in [6.45, 7) is 12.9. The van der Waals surface area contributed by atoms with Crippen LogP contribution in [-0.2, 0) is 24.8 Å². The first-order valence-corrected chi connectivity index (χ1v) is 13.9. The number of fused-ring (bicyclic) bond motifs is 1. The molecule has 0 heterocycles. The van der Waals surface area contributed by atoms with Crippen molar-refractivity contribution in [1.29, 1.82) is 0 Å². The first-order valence-electron chi connectivity index (χ1n) is 13.9. The molecule has 0 bridgehead atoms. The standard InChI is InChI=1S/C33H44N2O2/c1-6-18-34-23-33(3,4)28-13-8-24(9-14-28)22-35(7-2)32-21-30(37-5)16-17-31(32)27-11-10-26-20-29(36)15-12-25(26)19-27/h8-9,12-17,20-21,27,34,36H,6-7,10-11,18-19,22-23H2,1-5H3/t27-/m1/s1. The number of nitrogens with zero attached hydrogens (tertiary/aromatic N) is 1. The van der Waals surface area contributed by atoms with Crippen molar-refractivity contribution in [2.24, 2.45) is 0 Å². The third-order valence-corrected chi connectivity index (χ3v) is 7.92. The van der Waals surface area contributed by atoms with Crippen molar-refractivity contribution in [3.8, 4) is 11.5 Å². The summed E-state index contributed by atoms with van der Waals surface area (Å²) in [5.74, 6) is 1.71. The number of aromatic hydroxyl groups is 1. The normalized spacial score (nSPS) is 15.3. The van der Waals surface area contributed by atoms with Crippen molar-refractivity contribution < 1.29 is 9.84 Å². The number of hydrogen-bond donors (Lipinski definition) is 2. The van der Waals surface area contributed by atoms with E-state index in [9.17, 15) is 5.11 Å². The van der Waals surface area contributed by atoms with Gasteiger partial charge in [0.25, 0.3) is 0 Å². The van der Waals surface area contributed by atoms with Crippen LogP contribution in [0.4, 0.5) is 5.69 Å². The molecule has 0 radical (unpaired) electrons. The average molecular weight is 501 g/mol. The van der Waals surface area contributed by atoms with E-state index >= 15 is 0 Å². The zero-order valence-electron chi connectivity index (χ0n) is 23.3. The average Bonchev–Trinajstić information content (AvgIpc) is 2.91. The summed E-state index contributed by atoms with van der Waals surface area (Å²) in [4.78, 5) is 2.48. The number of phenolic OH excluding ortho intramolecular Hbond substituents is 1. The maximum atomic E-state index is 9.90. The summed E-state index contributed by atoms with van der Waals surface area (Å²) in [7, 11) is 1.74. The van der Waals surface area contributed by atoms with Gasteiger partial charge >= 0.3 is 0 Å². The van der Waals surface area contributed by atoms with Gasteiger partial charge in [-0.05, 0) is 91.1 Å². The summed E-state index contributed by atoms with van der Waals surface area (Å²) in [5, 5.41) is 13.5. The molecular formula is C33H44N2O2. The number of anilines is 1. The highest BCUT2D eigenvalue weighted by atomic mass is 16.5. The number of hydrogen-bond acceptors (Lipinski definition) is 4. The smallest absolute Gasteiger partial charge is 0.120 e. The van der Waals surface area contributed by atoms with Crippen molar-refractivity contribution in [2.75, 3.05) is 31.6 Å². The molecule has 198 valence electrons. The molecule has 3 aromatic rings. The molecule has 0 aromatic heterocycles. The molecule has 0 amide bonds. The molecular weight excluding hydrogens is 456 g/mol. The lowest BCUT2D eigenvalue weighted by molar-refractivity contribution is 0.414. The second-order valence-electron chi connectivity index (χ2n) is 11.1. The minimum Gasteiger partial charge on any atom is -0.508 e. The highest BCUT2D eigenvalue weighted by molar-refractivity contribution is 5.60. The van der Waals surface area contributed by atoms with Crippen molar-refractivity contribution in [3.63, 3.8) is 0 Å². The second kappa shape index (κ2) is 12.0. The molecule has 4 heteroatoms. The maximum Gasteiger partial charge on any atom is 0.120 e. The molecule has 0 aliphatic heterocycles. The molecule has 1 atom stereocenters. The number of methoxy groups -OCH3 is 1. The fourth-order valence-corrected chi connectivity index (χ4v) is 5.61. The number of rotatable bonds is 11. The highest BCUT2D eigenvalue weighted by Crippen LogP contribution is 2.40. The molecule has 37 heavy (non-hydrogen) atoms. The summed E-state index contributed by atoms with van der Waals surface area (Å²) < 4.78 is 5.64. The van der Waals surface area contributed by atoms with Crippen LogP contribution >= 0.6 is 0 Å². The molecule has 0 unspecified atom stereocenters. The van der Waals surface area contributed by atoms with Crippen molar-refractivity contribution in [3.05, 3.63) is 88.5 Å². The molecule has 0 saturated carbocycles. The minimum atomic E-state index is 0.103. The quantitative estimate of drug-likeness (QED) is 0.279. The van der Waals surface area contributed by atoms with Gasteiger partial charge in [0, 0.05) is 36.8 Å². The molecule has 4 rings (SSSR count). The molecule has 1 aliphatic rings. The SMILES string of the molecule is CCCNCC(C)(C)c1ccc(CN(CC)c2cc(OC)ccc2[C@@H]2CCc3cc(O)ccc3C2)cc1. The van der Waals surface area contributed by atoms with E-state index in [0.29, 0.717) is 11.7 Å². The predicted molar refractivity (Wildman–Crippen MR) is 155 cm³/mol. The van der Waals surface area contributed by atoms with Gasteiger partial charge in [-0.15, -0.1) is 0 Å². The largest absolute Gasteiger partial charge is 0.508 e. The first-order chi connectivity index (χ1) is 17.8. The number of benzene rings is 3. The number of nitrogens with one attached hydrogen (secondary N) is 1. The van der Waals surface area contributed by atoms with Crippen LogP contribution in [-0.4, -0.2) is 31.9 Å². The Bertz CT molecular complexity index is 1170. The Labute approximate surface area is 223 Å². The lowest BCUT2D eigenvalue weighted by Gasteiger charge is -2.32. The van der Waals surface area contributed by atoms with E-state index in [4.69, 9.17) is 4.74 Å². The van der Waals surface area contributed by atoms with Crippen LogP contribution in [0.2, 0.25) is 0 Å². The van der Waals surface area contributed by atoms with E-state index in [0.717, 1.165) is 57.6 Å². The van der Waals surface area contributed by atoms with E-state index in [1.165, 1.54) is 33.5 Å². The Morgan fingerprint density at radius 3 is 2.49 bits per heavy atom. The van der Waals surface area contributed by atoms with Gasteiger partial charge in [0.15, 0.2) is 0 Å². The Kier molecular flexibility index (Phi) is 8.81. The fourth-order valence-electron chi connectivity index (χ4n) is 5.61. The third kappa shape index (κ3) is 6.48. The molecule has 0 spiro atoms. The molecule has 3 aromatic carbocycles. The van der Waals surface area contributed by atoms with Gasteiger partial charge in [0.2, 0.25) is 0 Å². The number of ether oxygens (including phenoxy) is 1. The zero-order chi connectivity index (χ0) is 26.4. The Balaban J connectivity index is 1.56. The highest BCUT2D eigenvalue weighted by Gasteiger charge is 2.25. The van der Waals surface area contributed by atoms with Gasteiger partial charge in [-0.2, -0.15) is 0 Å². The Hall–Kier alpha value is -2.98. The van der Waals surface area contributed by atoms with Gasteiger partial charge < -0.3 is 20.1 Å². The van der Waals surface area contributed by atoms with Gasteiger partial charge in [0.1, 0.15) is 11.5 Å². The molecule has 4 nitrogen and oxygen atoms in total. The fraction of sp³-hybridized carbons (Fsp3) is 0.455. The lowest BCUT2D eigenvalue weighted by atomic mass is 9.79. The molecule has 2 N–H and O–H groups in total. The van der Waals surface area contributed by atoms with Crippen LogP contribution in [0.15, 0.2) is 60.7 Å². The van der Waals surface area contributed by atoms with Gasteiger partial charge in [0.05, 0.1) is 7.11 Å². The van der Waals surface area contributed by atoms with E-state index in [-0.39, 0.29) is 5.41 Å². The minimum absolute atomic E-state index is 0.103. The lowest BCUT2D eigenvalue weighted by Crippen LogP contribution is -2.33. The van der Waals surface area contributed by atoms with Crippen LogP contribution in [0.5, 0.6) is 11.5 Å². The Morgan fingerprint density at radius 1 is 1.00 bits per heavy atom. The summed E-state index contributed by atoms with van der Waals surface area (Å²) in [6.07, 6.45) is 4.24. The molecule has 0 saturated heterocycles.